The van der Waals surface area contributed by atoms with E-state index in [-0.39, 0.29) is 13.2 Å². The van der Waals surface area contributed by atoms with E-state index in [1.54, 1.807) is 26.4 Å². The molecular formula is C17H18N2O5. The summed E-state index contributed by atoms with van der Waals surface area (Å²) < 4.78 is 15.3. The molecule has 2 rings (SSSR count). The first-order valence-electron chi connectivity index (χ1n) is 7.18. The fraction of sp³-hybridized carbons (Fsp3) is 0.235. The highest BCUT2D eigenvalue weighted by atomic mass is 16.5. The fourth-order valence-electron chi connectivity index (χ4n) is 1.94. The van der Waals surface area contributed by atoms with Crippen LogP contribution in [0.5, 0.6) is 11.5 Å². The summed E-state index contributed by atoms with van der Waals surface area (Å²) in [5.74, 6) is 0.220. The molecule has 2 aromatic rings. The van der Waals surface area contributed by atoms with Gasteiger partial charge in [0, 0.05) is 18.9 Å². The Bertz CT molecular complexity index is 703. The summed E-state index contributed by atoms with van der Waals surface area (Å²) in [6.07, 6.45) is 2.96. The Labute approximate surface area is 139 Å². The molecule has 0 fully saturated rings. The zero-order chi connectivity index (χ0) is 17.4. The monoisotopic (exact) mass is 330 g/mol. The van der Waals surface area contributed by atoms with Crippen molar-refractivity contribution in [2.75, 3.05) is 20.8 Å². The molecule has 1 aromatic heterocycles. The van der Waals surface area contributed by atoms with Gasteiger partial charge in [0.15, 0.2) is 18.1 Å². The number of carbonyl (C=O) groups is 2. The first-order valence-corrected chi connectivity index (χ1v) is 7.18. The highest BCUT2D eigenvalue weighted by Gasteiger charge is 2.10. The van der Waals surface area contributed by atoms with Crippen molar-refractivity contribution in [2.45, 2.75) is 6.54 Å². The lowest BCUT2D eigenvalue weighted by atomic mass is 10.2. The lowest BCUT2D eigenvalue weighted by molar-refractivity contribution is -0.124. The van der Waals surface area contributed by atoms with E-state index in [1.165, 1.54) is 24.5 Å². The second-order valence-corrected chi connectivity index (χ2v) is 4.78. The predicted octanol–water partition coefficient (Wildman–Crippen LogP) is 1.57. The predicted molar refractivity (Wildman–Crippen MR) is 85.9 cm³/mol. The van der Waals surface area contributed by atoms with Crippen LogP contribution in [-0.4, -0.2) is 37.7 Å². The number of nitrogens with one attached hydrogen (secondary N) is 1. The Morgan fingerprint density at radius 2 is 1.75 bits per heavy atom. The number of nitrogens with zero attached hydrogens (tertiary/aromatic N) is 1. The minimum atomic E-state index is -0.571. The molecule has 0 aliphatic heterocycles. The third kappa shape index (κ3) is 4.70. The van der Waals surface area contributed by atoms with Crippen LogP contribution in [0.2, 0.25) is 0 Å². The van der Waals surface area contributed by atoms with Gasteiger partial charge in [-0.3, -0.25) is 9.78 Å². The highest BCUT2D eigenvalue weighted by molar-refractivity contribution is 5.91. The molecule has 126 valence electrons. The molecule has 0 unspecified atom stereocenters. The van der Waals surface area contributed by atoms with Gasteiger partial charge >= 0.3 is 5.97 Å². The van der Waals surface area contributed by atoms with Gasteiger partial charge in [0.1, 0.15) is 0 Å². The van der Waals surface area contributed by atoms with E-state index in [0.717, 1.165) is 5.56 Å². The fourth-order valence-corrected chi connectivity index (χ4v) is 1.94. The summed E-state index contributed by atoms with van der Waals surface area (Å²) in [6.45, 7) is -0.0690. The molecule has 0 spiro atoms. The minimum absolute atomic E-state index is 0.284. The van der Waals surface area contributed by atoms with Crippen molar-refractivity contribution >= 4 is 11.9 Å². The number of hydrogen-bond donors (Lipinski definition) is 1. The number of esters is 1. The molecule has 0 aliphatic rings. The Morgan fingerprint density at radius 1 is 1.04 bits per heavy atom. The van der Waals surface area contributed by atoms with Crippen LogP contribution in [0.3, 0.4) is 0 Å². The van der Waals surface area contributed by atoms with E-state index in [4.69, 9.17) is 14.2 Å². The first-order chi connectivity index (χ1) is 11.6. The molecule has 24 heavy (non-hydrogen) atoms. The number of hydrogen-bond acceptors (Lipinski definition) is 6. The maximum Gasteiger partial charge on any atom is 0.338 e. The summed E-state index contributed by atoms with van der Waals surface area (Å²) >= 11 is 0. The molecule has 7 heteroatoms. The zero-order valence-corrected chi connectivity index (χ0v) is 13.4. The summed E-state index contributed by atoms with van der Waals surface area (Å²) in [7, 11) is 3.09. The summed E-state index contributed by atoms with van der Waals surface area (Å²) in [5.41, 5.74) is 1.18. The third-order valence-corrected chi connectivity index (χ3v) is 3.19. The topological polar surface area (TPSA) is 86.8 Å². The molecule has 0 radical (unpaired) electrons. The molecule has 0 saturated heterocycles. The summed E-state index contributed by atoms with van der Waals surface area (Å²) in [5, 5.41) is 2.67. The number of amides is 1. The van der Waals surface area contributed by atoms with Crippen molar-refractivity contribution < 1.29 is 23.8 Å². The third-order valence-electron chi connectivity index (χ3n) is 3.19. The average molecular weight is 330 g/mol. The molecule has 1 aromatic carbocycles. The van der Waals surface area contributed by atoms with Gasteiger partial charge in [0.2, 0.25) is 0 Å². The number of carbonyl (C=O) groups excluding carboxylic acids is 2. The van der Waals surface area contributed by atoms with E-state index in [0.29, 0.717) is 17.1 Å². The lowest BCUT2D eigenvalue weighted by Crippen LogP contribution is -2.28. The average Bonchev–Trinajstić information content (AvgIpc) is 2.64. The number of benzene rings is 1. The molecule has 1 heterocycles. The van der Waals surface area contributed by atoms with Crippen LogP contribution in [0, 0.1) is 0 Å². The maximum atomic E-state index is 11.8. The van der Waals surface area contributed by atoms with Crippen LogP contribution < -0.4 is 14.8 Å². The number of rotatable bonds is 7. The maximum absolute atomic E-state index is 11.8. The van der Waals surface area contributed by atoms with Gasteiger partial charge in [-0.2, -0.15) is 0 Å². The van der Waals surface area contributed by atoms with E-state index < -0.39 is 11.9 Å². The summed E-state index contributed by atoms with van der Waals surface area (Å²) in [4.78, 5) is 27.3. The Kier molecular flexibility index (Phi) is 6.13. The highest BCUT2D eigenvalue weighted by Crippen LogP contribution is 2.27. The van der Waals surface area contributed by atoms with E-state index in [1.807, 2.05) is 6.07 Å². The van der Waals surface area contributed by atoms with Crippen molar-refractivity contribution in [3.63, 3.8) is 0 Å². The smallest absolute Gasteiger partial charge is 0.338 e. The minimum Gasteiger partial charge on any atom is -0.493 e. The van der Waals surface area contributed by atoms with Crippen molar-refractivity contribution in [2.24, 2.45) is 0 Å². The quantitative estimate of drug-likeness (QED) is 0.776. The van der Waals surface area contributed by atoms with Crippen LogP contribution in [0.1, 0.15) is 15.9 Å². The Morgan fingerprint density at radius 3 is 2.42 bits per heavy atom. The van der Waals surface area contributed by atoms with Gasteiger partial charge in [0.05, 0.1) is 19.8 Å². The number of aromatic nitrogens is 1. The van der Waals surface area contributed by atoms with Crippen LogP contribution in [0.4, 0.5) is 0 Å². The lowest BCUT2D eigenvalue weighted by Gasteiger charge is -2.10. The second kappa shape index (κ2) is 8.52. The van der Waals surface area contributed by atoms with E-state index in [2.05, 4.69) is 10.3 Å². The van der Waals surface area contributed by atoms with E-state index in [9.17, 15) is 9.59 Å². The number of ether oxygens (including phenoxy) is 3. The number of pyridine rings is 1. The van der Waals surface area contributed by atoms with Crippen LogP contribution in [-0.2, 0) is 16.1 Å². The Hall–Kier alpha value is -3.09. The van der Waals surface area contributed by atoms with Gasteiger partial charge in [-0.25, -0.2) is 4.79 Å². The summed E-state index contributed by atoms with van der Waals surface area (Å²) in [6, 6.07) is 8.37. The number of methoxy groups -OCH3 is 2. The van der Waals surface area contributed by atoms with Crippen LogP contribution in [0.25, 0.3) is 0 Å². The van der Waals surface area contributed by atoms with Crippen molar-refractivity contribution in [3.05, 3.63) is 53.9 Å². The van der Waals surface area contributed by atoms with E-state index >= 15 is 0 Å². The van der Waals surface area contributed by atoms with Crippen molar-refractivity contribution in [1.29, 1.82) is 0 Å². The molecular weight excluding hydrogens is 312 g/mol. The Balaban J connectivity index is 1.82. The van der Waals surface area contributed by atoms with Gasteiger partial charge < -0.3 is 19.5 Å². The van der Waals surface area contributed by atoms with Crippen molar-refractivity contribution in [1.82, 2.24) is 10.3 Å². The standard InChI is InChI=1S/C17H18N2O5/c1-22-14-4-3-12(9-15(14)23-2)10-19-16(20)11-24-17(21)13-5-7-18-8-6-13/h3-9H,10-11H2,1-2H3,(H,19,20). The molecule has 1 amide bonds. The molecule has 7 nitrogen and oxygen atoms in total. The largest absolute Gasteiger partial charge is 0.493 e. The van der Waals surface area contributed by atoms with Crippen LogP contribution in [0.15, 0.2) is 42.7 Å². The van der Waals surface area contributed by atoms with Crippen molar-refractivity contribution in [3.8, 4) is 11.5 Å². The molecule has 1 N–H and O–H groups in total. The SMILES string of the molecule is COc1ccc(CNC(=O)COC(=O)c2ccncc2)cc1OC. The van der Waals surface area contributed by atoms with Gasteiger partial charge in [-0.1, -0.05) is 6.07 Å². The van der Waals surface area contributed by atoms with Gasteiger partial charge in [-0.15, -0.1) is 0 Å². The molecule has 0 bridgehead atoms. The molecule has 0 aliphatic carbocycles. The van der Waals surface area contributed by atoms with Crippen LogP contribution >= 0.6 is 0 Å². The zero-order valence-electron chi connectivity index (χ0n) is 13.4. The molecule has 0 saturated carbocycles. The molecule has 0 atom stereocenters. The normalized spacial score (nSPS) is 9.92. The second-order valence-electron chi connectivity index (χ2n) is 4.78. The van der Waals surface area contributed by atoms with Gasteiger partial charge in [0.25, 0.3) is 5.91 Å². The first kappa shape index (κ1) is 17.3. The van der Waals surface area contributed by atoms with Gasteiger partial charge in [-0.05, 0) is 29.8 Å².